The third-order valence-corrected chi connectivity index (χ3v) is 3.87. The van der Waals surface area contributed by atoms with E-state index in [2.05, 4.69) is 20.4 Å². The van der Waals surface area contributed by atoms with Gasteiger partial charge in [0.05, 0.1) is 17.6 Å². The highest BCUT2D eigenvalue weighted by Gasteiger charge is 2.24. The van der Waals surface area contributed by atoms with Crippen LogP contribution >= 0.6 is 0 Å². The fourth-order valence-electron chi connectivity index (χ4n) is 2.96. The lowest BCUT2D eigenvalue weighted by atomic mass is 10.0. The fraction of sp³-hybridized carbons (Fsp3) is 0.750. The normalized spacial score (nSPS) is 22.9. The van der Waals surface area contributed by atoms with Gasteiger partial charge >= 0.3 is 0 Å². The first kappa shape index (κ1) is 10.1. The molecule has 4 heteroatoms. The molecule has 0 bridgehead atoms. The zero-order valence-corrected chi connectivity index (χ0v) is 9.71. The van der Waals surface area contributed by atoms with Crippen LogP contribution in [-0.4, -0.2) is 36.4 Å². The van der Waals surface area contributed by atoms with Crippen LogP contribution in [0.15, 0.2) is 6.20 Å². The summed E-state index contributed by atoms with van der Waals surface area (Å²) in [6.45, 7) is 4.41. The first-order valence-electron chi connectivity index (χ1n) is 6.44. The number of anilines is 1. The van der Waals surface area contributed by atoms with Gasteiger partial charge in [-0.15, -0.1) is 0 Å². The average Bonchev–Trinajstić information content (AvgIpc) is 3.01. The van der Waals surface area contributed by atoms with E-state index >= 15 is 0 Å². The topological polar surface area (TPSA) is 44.0 Å². The highest BCUT2D eigenvalue weighted by molar-refractivity contribution is 5.51. The Kier molecular flexibility index (Phi) is 2.82. The maximum atomic E-state index is 4.25. The summed E-state index contributed by atoms with van der Waals surface area (Å²) in [6.07, 6.45) is 7.44. The van der Waals surface area contributed by atoms with Gasteiger partial charge in [-0.2, -0.15) is 5.10 Å². The molecule has 1 aliphatic heterocycles. The molecule has 2 N–H and O–H groups in total. The van der Waals surface area contributed by atoms with Crippen molar-refractivity contribution in [1.29, 1.82) is 0 Å². The number of hydrogen-bond donors (Lipinski definition) is 2. The number of aromatic nitrogens is 2. The molecule has 4 nitrogen and oxygen atoms in total. The summed E-state index contributed by atoms with van der Waals surface area (Å²) in [7, 11) is 0. The highest BCUT2D eigenvalue weighted by atomic mass is 15.2. The molecule has 1 aromatic heterocycles. The van der Waals surface area contributed by atoms with Gasteiger partial charge in [0, 0.05) is 32.1 Å². The smallest absolute Gasteiger partial charge is 0.0786 e. The van der Waals surface area contributed by atoms with E-state index in [1.165, 1.54) is 37.1 Å². The zero-order valence-electron chi connectivity index (χ0n) is 9.71. The van der Waals surface area contributed by atoms with Crippen molar-refractivity contribution < 1.29 is 0 Å². The van der Waals surface area contributed by atoms with E-state index in [1.54, 1.807) is 0 Å². The molecule has 16 heavy (non-hydrogen) atoms. The van der Waals surface area contributed by atoms with Gasteiger partial charge in [-0.3, -0.25) is 5.10 Å². The van der Waals surface area contributed by atoms with Gasteiger partial charge < -0.3 is 10.2 Å². The molecule has 2 heterocycles. The van der Waals surface area contributed by atoms with Gasteiger partial charge in [-0.1, -0.05) is 12.8 Å². The maximum absolute atomic E-state index is 4.25. The summed E-state index contributed by atoms with van der Waals surface area (Å²) in [5.41, 5.74) is 2.74. The Bertz CT molecular complexity index is 335. The summed E-state index contributed by atoms with van der Waals surface area (Å²) in [6, 6.07) is 0. The Morgan fingerprint density at radius 2 is 1.94 bits per heavy atom. The first-order chi connectivity index (χ1) is 7.95. The standard InChI is InChI=1S/C12H20N4/c1-2-4-10(3-1)12-11(9-14-15-12)16-7-5-13-6-8-16/h9-10,13H,1-8H2,(H,14,15). The van der Waals surface area contributed by atoms with Crippen LogP contribution in [-0.2, 0) is 0 Å². The monoisotopic (exact) mass is 220 g/mol. The second-order valence-electron chi connectivity index (χ2n) is 4.89. The van der Waals surface area contributed by atoms with E-state index in [4.69, 9.17) is 0 Å². The molecule has 2 aliphatic rings. The second kappa shape index (κ2) is 4.45. The Morgan fingerprint density at radius 3 is 2.69 bits per heavy atom. The van der Waals surface area contributed by atoms with Crippen LogP contribution in [0.3, 0.4) is 0 Å². The van der Waals surface area contributed by atoms with Gasteiger partial charge in [-0.25, -0.2) is 0 Å². The van der Waals surface area contributed by atoms with E-state index < -0.39 is 0 Å². The van der Waals surface area contributed by atoms with Crippen LogP contribution in [0.4, 0.5) is 5.69 Å². The highest BCUT2D eigenvalue weighted by Crippen LogP contribution is 2.37. The van der Waals surface area contributed by atoms with Gasteiger partial charge in [0.25, 0.3) is 0 Å². The Labute approximate surface area is 96.4 Å². The molecule has 0 amide bonds. The van der Waals surface area contributed by atoms with Crippen molar-refractivity contribution >= 4 is 5.69 Å². The lowest BCUT2D eigenvalue weighted by molar-refractivity contribution is 0.584. The van der Waals surface area contributed by atoms with E-state index in [0.29, 0.717) is 0 Å². The quantitative estimate of drug-likeness (QED) is 0.793. The summed E-state index contributed by atoms with van der Waals surface area (Å²) >= 11 is 0. The molecule has 0 aromatic carbocycles. The largest absolute Gasteiger partial charge is 0.366 e. The van der Waals surface area contributed by atoms with E-state index in [1.807, 2.05) is 6.20 Å². The molecular formula is C12H20N4. The lowest BCUT2D eigenvalue weighted by Gasteiger charge is -2.29. The van der Waals surface area contributed by atoms with Crippen molar-refractivity contribution in [3.63, 3.8) is 0 Å². The molecular weight excluding hydrogens is 200 g/mol. The minimum atomic E-state index is 0.729. The van der Waals surface area contributed by atoms with Gasteiger partial charge in [0.2, 0.25) is 0 Å². The SMILES string of the molecule is c1n[nH]c(C2CCCC2)c1N1CCNCC1. The van der Waals surface area contributed by atoms with Crippen LogP contribution in [0.25, 0.3) is 0 Å². The lowest BCUT2D eigenvalue weighted by Crippen LogP contribution is -2.43. The van der Waals surface area contributed by atoms with E-state index in [-0.39, 0.29) is 0 Å². The molecule has 88 valence electrons. The molecule has 0 atom stereocenters. The fourth-order valence-corrected chi connectivity index (χ4v) is 2.96. The molecule has 1 aliphatic carbocycles. The predicted molar refractivity (Wildman–Crippen MR) is 64.9 cm³/mol. The maximum Gasteiger partial charge on any atom is 0.0786 e. The molecule has 1 aromatic rings. The summed E-state index contributed by atoms with van der Waals surface area (Å²) < 4.78 is 0. The van der Waals surface area contributed by atoms with E-state index in [0.717, 1.165) is 32.1 Å². The summed E-state index contributed by atoms with van der Waals surface area (Å²) in [4.78, 5) is 2.47. The van der Waals surface area contributed by atoms with Crippen LogP contribution in [0.5, 0.6) is 0 Å². The minimum Gasteiger partial charge on any atom is -0.366 e. The van der Waals surface area contributed by atoms with Crippen LogP contribution < -0.4 is 10.2 Å². The molecule has 0 unspecified atom stereocenters. The summed E-state index contributed by atoms with van der Waals surface area (Å²) in [5, 5.41) is 10.9. The summed E-state index contributed by atoms with van der Waals surface area (Å²) in [5.74, 6) is 0.729. The number of nitrogens with one attached hydrogen (secondary N) is 2. The van der Waals surface area contributed by atoms with Crippen molar-refractivity contribution in [2.75, 3.05) is 31.1 Å². The number of nitrogens with zero attached hydrogens (tertiary/aromatic N) is 2. The third kappa shape index (κ3) is 1.82. The molecule has 3 rings (SSSR count). The van der Waals surface area contributed by atoms with Gasteiger partial charge in [0.1, 0.15) is 0 Å². The molecule has 2 fully saturated rings. The van der Waals surface area contributed by atoms with Crippen molar-refractivity contribution in [2.45, 2.75) is 31.6 Å². The molecule has 0 radical (unpaired) electrons. The van der Waals surface area contributed by atoms with Crippen LogP contribution in [0, 0.1) is 0 Å². The number of hydrogen-bond acceptors (Lipinski definition) is 3. The number of rotatable bonds is 2. The van der Waals surface area contributed by atoms with Crippen LogP contribution in [0.1, 0.15) is 37.3 Å². The van der Waals surface area contributed by atoms with Gasteiger partial charge in [0.15, 0.2) is 0 Å². The van der Waals surface area contributed by atoms with Crippen molar-refractivity contribution in [3.05, 3.63) is 11.9 Å². The Balaban J connectivity index is 1.80. The molecule has 1 saturated carbocycles. The van der Waals surface area contributed by atoms with Gasteiger partial charge in [-0.05, 0) is 12.8 Å². The zero-order chi connectivity index (χ0) is 10.8. The number of H-pyrrole nitrogens is 1. The second-order valence-corrected chi connectivity index (χ2v) is 4.89. The first-order valence-corrected chi connectivity index (χ1v) is 6.44. The number of aromatic amines is 1. The Morgan fingerprint density at radius 1 is 1.19 bits per heavy atom. The van der Waals surface area contributed by atoms with Crippen molar-refractivity contribution in [3.8, 4) is 0 Å². The van der Waals surface area contributed by atoms with Crippen LogP contribution in [0.2, 0.25) is 0 Å². The molecule has 0 spiro atoms. The molecule has 1 saturated heterocycles. The predicted octanol–water partition coefficient (Wildman–Crippen LogP) is 1.48. The number of piperazine rings is 1. The van der Waals surface area contributed by atoms with Crippen molar-refractivity contribution in [2.24, 2.45) is 0 Å². The van der Waals surface area contributed by atoms with E-state index in [9.17, 15) is 0 Å². The van der Waals surface area contributed by atoms with Crippen molar-refractivity contribution in [1.82, 2.24) is 15.5 Å². The Hall–Kier alpha value is -1.03. The average molecular weight is 220 g/mol. The minimum absolute atomic E-state index is 0.729. The third-order valence-electron chi connectivity index (χ3n) is 3.87.